The molecule has 0 nitrogen and oxygen atoms in total. The van der Waals surface area contributed by atoms with Crippen LogP contribution in [-0.2, 0) is 0 Å². The van der Waals surface area contributed by atoms with E-state index in [1.165, 1.54) is 148 Å². The highest BCUT2D eigenvalue weighted by atomic mass is 14.0. The van der Waals surface area contributed by atoms with Crippen LogP contribution in [0.25, 0.3) is 0 Å². The van der Waals surface area contributed by atoms with Gasteiger partial charge in [0.25, 0.3) is 0 Å². The van der Waals surface area contributed by atoms with Crippen molar-refractivity contribution < 1.29 is 0 Å². The number of rotatable bonds is 23. The van der Waals surface area contributed by atoms with Gasteiger partial charge in [0.05, 0.1) is 0 Å². The van der Waals surface area contributed by atoms with Crippen LogP contribution >= 0.6 is 0 Å². The van der Waals surface area contributed by atoms with Gasteiger partial charge in [0.2, 0.25) is 0 Å². The third-order valence-corrected chi connectivity index (χ3v) is 5.88. The molecule has 0 radical (unpaired) electrons. The zero-order valence-electron chi connectivity index (χ0n) is 19.4. The molecular weight excluding hydrogens is 324 g/mol. The van der Waals surface area contributed by atoms with Gasteiger partial charge in [-0.3, -0.25) is 0 Å². The highest BCUT2D eigenvalue weighted by molar-refractivity contribution is 4.79. The van der Waals surface area contributed by atoms with Gasteiger partial charge in [0, 0.05) is 0 Å². The van der Waals surface area contributed by atoms with Crippen molar-refractivity contribution in [2.75, 3.05) is 0 Å². The van der Waals surface area contributed by atoms with Crippen LogP contribution in [0.15, 0.2) is 12.2 Å². The molecule has 0 spiro atoms. The Balaban J connectivity index is 2.98. The Hall–Kier alpha value is -0.260. The van der Waals surface area contributed by atoms with Gasteiger partial charge < -0.3 is 0 Å². The Morgan fingerprint density at radius 3 is 0.926 bits per heavy atom. The molecular formula is C27H54. The van der Waals surface area contributed by atoms with E-state index in [9.17, 15) is 0 Å². The highest BCUT2D eigenvalue weighted by Gasteiger charge is 1.95. The molecule has 0 rings (SSSR count). The third-order valence-electron chi connectivity index (χ3n) is 5.88. The third kappa shape index (κ3) is 25.7. The molecule has 0 aliphatic carbocycles. The Labute approximate surface area is 174 Å². The highest BCUT2D eigenvalue weighted by Crippen LogP contribution is 2.15. The monoisotopic (exact) mass is 378 g/mol. The second kappa shape index (κ2) is 25.7. The molecule has 162 valence electrons. The maximum atomic E-state index is 2.36. The molecule has 0 aliphatic heterocycles. The first-order valence-corrected chi connectivity index (χ1v) is 13.1. The molecule has 27 heavy (non-hydrogen) atoms. The minimum atomic E-state index is 1.19. The Kier molecular flexibility index (Phi) is 25.5. The molecule has 0 aromatic heterocycles. The lowest BCUT2D eigenvalue weighted by Crippen LogP contribution is -1.84. The molecule has 0 amide bonds. The first kappa shape index (κ1) is 26.7. The molecule has 0 aliphatic rings. The minimum absolute atomic E-state index is 1.19. The van der Waals surface area contributed by atoms with Crippen molar-refractivity contribution >= 4 is 0 Å². The predicted molar refractivity (Wildman–Crippen MR) is 127 cm³/mol. The van der Waals surface area contributed by atoms with Gasteiger partial charge in [-0.05, 0) is 19.3 Å². The molecule has 0 saturated heterocycles. The standard InChI is InChI=1S/C27H54/c1-3-5-7-9-11-13-15-17-19-21-23-25-27-26-24-22-20-18-16-14-12-10-8-6-4-2/h5,7H,3-4,6,8-27H2,1-2H3/b7-5+. The van der Waals surface area contributed by atoms with E-state index in [0.717, 1.165) is 0 Å². The van der Waals surface area contributed by atoms with Crippen LogP contribution in [0.4, 0.5) is 0 Å². The summed E-state index contributed by atoms with van der Waals surface area (Å²) in [5.41, 5.74) is 0. The largest absolute Gasteiger partial charge is 0.0888 e. The molecule has 0 fully saturated rings. The van der Waals surface area contributed by atoms with Crippen molar-refractivity contribution in [1.82, 2.24) is 0 Å². The van der Waals surface area contributed by atoms with E-state index in [0.29, 0.717) is 0 Å². The van der Waals surface area contributed by atoms with Crippen LogP contribution in [0.5, 0.6) is 0 Å². The molecule has 0 aromatic carbocycles. The van der Waals surface area contributed by atoms with E-state index in [4.69, 9.17) is 0 Å². The summed E-state index contributed by atoms with van der Waals surface area (Å²) in [5, 5.41) is 0. The smallest absolute Gasteiger partial charge is 0.0351 e. The molecule has 0 atom stereocenters. The van der Waals surface area contributed by atoms with Crippen molar-refractivity contribution in [1.29, 1.82) is 0 Å². The van der Waals surface area contributed by atoms with Gasteiger partial charge in [0.1, 0.15) is 0 Å². The first-order chi connectivity index (χ1) is 13.4. The normalized spacial score (nSPS) is 11.6. The van der Waals surface area contributed by atoms with Crippen molar-refractivity contribution in [3.8, 4) is 0 Å². The fraction of sp³-hybridized carbons (Fsp3) is 0.926. The van der Waals surface area contributed by atoms with Crippen LogP contribution in [0.3, 0.4) is 0 Å². The van der Waals surface area contributed by atoms with Gasteiger partial charge in [-0.1, -0.05) is 154 Å². The number of allylic oxidation sites excluding steroid dienone is 2. The van der Waals surface area contributed by atoms with Crippen LogP contribution < -0.4 is 0 Å². The maximum Gasteiger partial charge on any atom is -0.0351 e. The SMILES string of the molecule is CC/C=C/CCCCCCCCCCCCCCCCCCCCCCC. The number of hydrogen-bond acceptors (Lipinski definition) is 0. The van der Waals surface area contributed by atoms with Gasteiger partial charge in [0.15, 0.2) is 0 Å². The summed E-state index contributed by atoms with van der Waals surface area (Å²) in [5.74, 6) is 0. The zero-order chi connectivity index (χ0) is 19.7. The maximum absolute atomic E-state index is 2.36. The summed E-state index contributed by atoms with van der Waals surface area (Å²) in [7, 11) is 0. The molecule has 0 saturated carbocycles. The summed E-state index contributed by atoms with van der Waals surface area (Å²) in [6, 6.07) is 0. The Bertz CT molecular complexity index is 265. The fourth-order valence-electron chi connectivity index (χ4n) is 3.98. The molecule has 0 aromatic rings. The van der Waals surface area contributed by atoms with E-state index in [1.54, 1.807) is 0 Å². The lowest BCUT2D eigenvalue weighted by atomic mass is 10.0. The van der Waals surface area contributed by atoms with Crippen molar-refractivity contribution in [2.24, 2.45) is 0 Å². The molecule has 0 heterocycles. The molecule has 0 N–H and O–H groups in total. The van der Waals surface area contributed by atoms with Crippen LogP contribution in [0.1, 0.15) is 162 Å². The topological polar surface area (TPSA) is 0 Å². The average molecular weight is 379 g/mol. The van der Waals surface area contributed by atoms with Crippen LogP contribution in [-0.4, -0.2) is 0 Å². The summed E-state index contributed by atoms with van der Waals surface area (Å²) >= 11 is 0. The van der Waals surface area contributed by atoms with Crippen molar-refractivity contribution in [3.05, 3.63) is 12.2 Å². The van der Waals surface area contributed by atoms with Crippen molar-refractivity contribution in [2.45, 2.75) is 162 Å². The van der Waals surface area contributed by atoms with Gasteiger partial charge >= 0.3 is 0 Å². The number of hydrogen-bond donors (Lipinski definition) is 0. The molecule has 0 bridgehead atoms. The van der Waals surface area contributed by atoms with Gasteiger partial charge in [-0.15, -0.1) is 0 Å². The minimum Gasteiger partial charge on any atom is -0.0888 e. The Morgan fingerprint density at radius 2 is 0.630 bits per heavy atom. The van der Waals surface area contributed by atoms with E-state index in [-0.39, 0.29) is 0 Å². The quantitative estimate of drug-likeness (QED) is 0.122. The summed E-state index contributed by atoms with van der Waals surface area (Å²) in [4.78, 5) is 0. The van der Waals surface area contributed by atoms with Gasteiger partial charge in [-0.2, -0.15) is 0 Å². The Morgan fingerprint density at radius 1 is 0.333 bits per heavy atom. The van der Waals surface area contributed by atoms with Crippen molar-refractivity contribution in [3.63, 3.8) is 0 Å². The average Bonchev–Trinajstić information content (AvgIpc) is 2.68. The second-order valence-electron chi connectivity index (χ2n) is 8.74. The number of unbranched alkanes of at least 4 members (excludes halogenated alkanes) is 21. The molecule has 0 heteroatoms. The lowest BCUT2D eigenvalue weighted by molar-refractivity contribution is 0.520. The van der Waals surface area contributed by atoms with Crippen LogP contribution in [0, 0.1) is 0 Å². The predicted octanol–water partition coefficient (Wildman–Crippen LogP) is 10.6. The van der Waals surface area contributed by atoms with E-state index in [1.807, 2.05) is 0 Å². The summed E-state index contributed by atoms with van der Waals surface area (Å²) < 4.78 is 0. The zero-order valence-corrected chi connectivity index (χ0v) is 19.4. The molecule has 0 unspecified atom stereocenters. The fourth-order valence-corrected chi connectivity index (χ4v) is 3.98. The first-order valence-electron chi connectivity index (χ1n) is 13.1. The van der Waals surface area contributed by atoms with Gasteiger partial charge in [-0.25, -0.2) is 0 Å². The lowest BCUT2D eigenvalue weighted by Gasteiger charge is -2.04. The summed E-state index contributed by atoms with van der Waals surface area (Å²) in [6.07, 6.45) is 38.0. The summed E-state index contributed by atoms with van der Waals surface area (Å²) in [6.45, 7) is 4.52. The van der Waals surface area contributed by atoms with E-state index >= 15 is 0 Å². The van der Waals surface area contributed by atoms with E-state index < -0.39 is 0 Å². The van der Waals surface area contributed by atoms with Crippen LogP contribution in [0.2, 0.25) is 0 Å². The van der Waals surface area contributed by atoms with E-state index in [2.05, 4.69) is 26.0 Å². The second-order valence-corrected chi connectivity index (χ2v) is 8.74.